The van der Waals surface area contributed by atoms with Crippen molar-refractivity contribution in [1.29, 1.82) is 0 Å². The zero-order valence-electron chi connectivity index (χ0n) is 19.0. The summed E-state index contributed by atoms with van der Waals surface area (Å²) in [6.07, 6.45) is 2.72. The predicted molar refractivity (Wildman–Crippen MR) is 117 cm³/mol. The Labute approximate surface area is 175 Å². The van der Waals surface area contributed by atoms with Crippen LogP contribution in [-0.4, -0.2) is 41.9 Å². The van der Waals surface area contributed by atoms with E-state index < -0.39 is 11.6 Å². The van der Waals surface area contributed by atoms with Crippen molar-refractivity contribution in [2.24, 2.45) is 11.7 Å². The van der Waals surface area contributed by atoms with Crippen molar-refractivity contribution < 1.29 is 14.4 Å². The van der Waals surface area contributed by atoms with Gasteiger partial charge in [0.25, 0.3) is 0 Å². The van der Waals surface area contributed by atoms with Gasteiger partial charge < -0.3 is 27.0 Å². The van der Waals surface area contributed by atoms with Crippen LogP contribution < -0.4 is 27.0 Å². The van der Waals surface area contributed by atoms with Crippen molar-refractivity contribution >= 4 is 17.7 Å². The molecule has 0 aliphatic rings. The van der Waals surface area contributed by atoms with Crippen LogP contribution in [0.2, 0.25) is 0 Å². The smallest absolute Gasteiger partial charge is 0.246 e. The molecule has 3 amide bonds. The van der Waals surface area contributed by atoms with Gasteiger partial charge in [0.05, 0.1) is 5.82 Å². The largest absolute Gasteiger partial charge is 0.386 e. The summed E-state index contributed by atoms with van der Waals surface area (Å²) in [5, 5.41) is 11.6. The maximum atomic E-state index is 13.1. The quantitative estimate of drug-likeness (QED) is 0.277. The Balaban J connectivity index is 5.36. The SMILES string of the molecule is C=C(N)NCCC[C@H](NC(=O)C(CC)(CC)NC(=O)C(C)C)C(=O)N[C@@H](C)CC. The molecule has 0 aliphatic heterocycles. The second-order valence-corrected chi connectivity index (χ2v) is 7.87. The Morgan fingerprint density at radius 1 is 1.00 bits per heavy atom. The molecule has 0 unspecified atom stereocenters. The number of carbonyl (C=O) groups excluding carboxylic acids is 3. The van der Waals surface area contributed by atoms with E-state index in [1.54, 1.807) is 13.8 Å². The zero-order chi connectivity index (χ0) is 22.6. The highest BCUT2D eigenvalue weighted by Crippen LogP contribution is 2.17. The van der Waals surface area contributed by atoms with Crippen LogP contribution in [0, 0.1) is 5.92 Å². The average molecular weight is 412 g/mol. The summed E-state index contributed by atoms with van der Waals surface area (Å²) < 4.78 is 0. The summed E-state index contributed by atoms with van der Waals surface area (Å²) in [5.41, 5.74) is 4.46. The third-order valence-electron chi connectivity index (χ3n) is 5.17. The standard InChI is InChI=1S/C21H41N5O3/c1-8-15(6)24-19(28)17(12-11-13-23-16(7)22)25-20(29)21(9-2,10-3)26-18(27)14(4)5/h14-15,17,23H,7-13,22H2,1-6H3,(H,24,28)(H,25,29)(H,26,27)/t15-,17-/m0/s1. The third-order valence-corrected chi connectivity index (χ3v) is 5.17. The van der Waals surface area contributed by atoms with Gasteiger partial charge in [0.2, 0.25) is 17.7 Å². The maximum Gasteiger partial charge on any atom is 0.246 e. The van der Waals surface area contributed by atoms with Crippen LogP contribution in [0.3, 0.4) is 0 Å². The fourth-order valence-corrected chi connectivity index (χ4v) is 2.75. The fourth-order valence-electron chi connectivity index (χ4n) is 2.75. The Kier molecular flexibility index (Phi) is 12.0. The number of nitrogens with one attached hydrogen (secondary N) is 4. The third kappa shape index (κ3) is 9.19. The molecule has 0 aromatic rings. The minimum absolute atomic E-state index is 0.00611. The molecule has 6 N–H and O–H groups in total. The van der Waals surface area contributed by atoms with E-state index in [9.17, 15) is 14.4 Å². The molecule has 168 valence electrons. The molecule has 0 radical (unpaired) electrons. The van der Waals surface area contributed by atoms with Crippen LogP contribution >= 0.6 is 0 Å². The Hall–Kier alpha value is -2.25. The number of amides is 3. The van der Waals surface area contributed by atoms with Gasteiger partial charge in [-0.15, -0.1) is 0 Å². The minimum Gasteiger partial charge on any atom is -0.386 e. The van der Waals surface area contributed by atoms with E-state index >= 15 is 0 Å². The van der Waals surface area contributed by atoms with Crippen LogP contribution in [-0.2, 0) is 14.4 Å². The molecule has 0 fully saturated rings. The van der Waals surface area contributed by atoms with Gasteiger partial charge in [0.15, 0.2) is 0 Å². The molecule has 0 saturated carbocycles. The highest BCUT2D eigenvalue weighted by atomic mass is 16.2. The fraction of sp³-hybridized carbons (Fsp3) is 0.762. The van der Waals surface area contributed by atoms with Crippen molar-refractivity contribution in [3.05, 3.63) is 12.4 Å². The van der Waals surface area contributed by atoms with Crippen molar-refractivity contribution in [1.82, 2.24) is 21.3 Å². The van der Waals surface area contributed by atoms with Gasteiger partial charge in [-0.25, -0.2) is 0 Å². The van der Waals surface area contributed by atoms with Gasteiger partial charge in [-0.2, -0.15) is 0 Å². The van der Waals surface area contributed by atoms with E-state index in [2.05, 4.69) is 27.8 Å². The second kappa shape index (κ2) is 13.1. The molecule has 0 rings (SSSR count). The molecular weight excluding hydrogens is 370 g/mol. The summed E-state index contributed by atoms with van der Waals surface area (Å²) in [5.74, 6) is -0.620. The lowest BCUT2D eigenvalue weighted by Gasteiger charge is -2.34. The number of nitrogens with two attached hydrogens (primary N) is 1. The molecule has 0 aromatic carbocycles. The summed E-state index contributed by atoms with van der Waals surface area (Å²) >= 11 is 0. The topological polar surface area (TPSA) is 125 Å². The molecule has 0 saturated heterocycles. The molecule has 0 heterocycles. The first-order valence-electron chi connectivity index (χ1n) is 10.6. The van der Waals surface area contributed by atoms with Crippen LogP contribution in [0.25, 0.3) is 0 Å². The van der Waals surface area contributed by atoms with Crippen molar-refractivity contribution in [3.8, 4) is 0 Å². The number of hydrogen-bond acceptors (Lipinski definition) is 5. The van der Waals surface area contributed by atoms with E-state index in [-0.39, 0.29) is 29.7 Å². The van der Waals surface area contributed by atoms with Gasteiger partial charge in [0.1, 0.15) is 11.6 Å². The molecule has 0 aromatic heterocycles. The molecule has 29 heavy (non-hydrogen) atoms. The van der Waals surface area contributed by atoms with Gasteiger partial charge in [-0.3, -0.25) is 14.4 Å². The average Bonchev–Trinajstić information content (AvgIpc) is 2.67. The molecule has 0 spiro atoms. The van der Waals surface area contributed by atoms with E-state index in [0.29, 0.717) is 38.0 Å². The van der Waals surface area contributed by atoms with Crippen LogP contribution in [0.4, 0.5) is 0 Å². The lowest BCUT2D eigenvalue weighted by atomic mass is 9.90. The summed E-state index contributed by atoms with van der Waals surface area (Å²) in [7, 11) is 0. The van der Waals surface area contributed by atoms with E-state index in [0.717, 1.165) is 6.42 Å². The summed E-state index contributed by atoms with van der Waals surface area (Å²) in [6, 6.07) is -0.690. The normalized spacial score (nSPS) is 13.3. The van der Waals surface area contributed by atoms with Crippen LogP contribution in [0.5, 0.6) is 0 Å². The first kappa shape index (κ1) is 26.8. The summed E-state index contributed by atoms with van der Waals surface area (Å²) in [4.78, 5) is 38.1. The molecule has 0 aliphatic carbocycles. The predicted octanol–water partition coefficient (Wildman–Crippen LogP) is 1.52. The molecular formula is C21H41N5O3. The van der Waals surface area contributed by atoms with Crippen LogP contribution in [0.1, 0.15) is 73.6 Å². The molecule has 8 heteroatoms. The van der Waals surface area contributed by atoms with Gasteiger partial charge in [0, 0.05) is 18.5 Å². The molecule has 0 bridgehead atoms. The first-order chi connectivity index (χ1) is 13.5. The van der Waals surface area contributed by atoms with Crippen molar-refractivity contribution in [3.63, 3.8) is 0 Å². The lowest BCUT2D eigenvalue weighted by Crippen LogP contribution is -2.62. The number of rotatable bonds is 14. The van der Waals surface area contributed by atoms with Crippen LogP contribution in [0.15, 0.2) is 12.4 Å². The Bertz CT molecular complexity index is 559. The monoisotopic (exact) mass is 411 g/mol. The molecule has 8 nitrogen and oxygen atoms in total. The van der Waals surface area contributed by atoms with Crippen molar-refractivity contribution in [2.75, 3.05) is 6.54 Å². The molecule has 2 atom stereocenters. The number of carbonyl (C=O) groups is 3. The van der Waals surface area contributed by atoms with Gasteiger partial charge in [-0.05, 0) is 39.0 Å². The number of hydrogen-bond donors (Lipinski definition) is 5. The van der Waals surface area contributed by atoms with E-state index in [1.165, 1.54) is 0 Å². The zero-order valence-corrected chi connectivity index (χ0v) is 19.0. The Morgan fingerprint density at radius 3 is 2.03 bits per heavy atom. The van der Waals surface area contributed by atoms with Crippen molar-refractivity contribution in [2.45, 2.75) is 91.3 Å². The van der Waals surface area contributed by atoms with E-state index in [1.807, 2.05) is 27.7 Å². The van der Waals surface area contributed by atoms with Gasteiger partial charge in [-0.1, -0.05) is 41.2 Å². The Morgan fingerprint density at radius 2 is 1.59 bits per heavy atom. The lowest BCUT2D eigenvalue weighted by molar-refractivity contribution is -0.137. The maximum absolute atomic E-state index is 13.1. The highest BCUT2D eigenvalue weighted by Gasteiger charge is 2.38. The van der Waals surface area contributed by atoms with Gasteiger partial charge >= 0.3 is 0 Å². The summed E-state index contributed by atoms with van der Waals surface area (Å²) in [6.45, 7) is 15.3. The van der Waals surface area contributed by atoms with E-state index in [4.69, 9.17) is 5.73 Å². The highest BCUT2D eigenvalue weighted by molar-refractivity contribution is 5.95. The minimum atomic E-state index is -1.04. The second-order valence-electron chi connectivity index (χ2n) is 7.87. The first-order valence-corrected chi connectivity index (χ1v) is 10.6.